The van der Waals surface area contributed by atoms with Crippen molar-refractivity contribution in [1.29, 1.82) is 0 Å². The zero-order chi connectivity index (χ0) is 13.1. The molecule has 0 bridgehead atoms. The first-order valence-corrected chi connectivity index (χ1v) is 6.24. The standard InChI is InChI=1S/C14H20N2O2/c1-11-10-12(14(17)18-3)4-5-13(11)16-8-6-15(2)7-9-16/h4-5,10H,6-9H2,1-3H3. The van der Waals surface area contributed by atoms with E-state index in [1.807, 2.05) is 25.1 Å². The minimum atomic E-state index is -0.275. The average molecular weight is 248 g/mol. The van der Waals surface area contributed by atoms with Crippen LogP contribution in [-0.2, 0) is 4.74 Å². The monoisotopic (exact) mass is 248 g/mol. The molecule has 0 aromatic heterocycles. The third kappa shape index (κ3) is 2.64. The van der Waals surface area contributed by atoms with Gasteiger partial charge in [0.25, 0.3) is 0 Å². The summed E-state index contributed by atoms with van der Waals surface area (Å²) in [6, 6.07) is 5.76. The highest BCUT2D eigenvalue weighted by Crippen LogP contribution is 2.22. The SMILES string of the molecule is COC(=O)c1ccc(N2CCN(C)CC2)c(C)c1. The van der Waals surface area contributed by atoms with Gasteiger partial charge in [0.1, 0.15) is 0 Å². The van der Waals surface area contributed by atoms with E-state index in [0.29, 0.717) is 5.56 Å². The lowest BCUT2D eigenvalue weighted by molar-refractivity contribution is 0.0600. The van der Waals surface area contributed by atoms with Crippen LogP contribution in [-0.4, -0.2) is 51.2 Å². The predicted molar refractivity (Wildman–Crippen MR) is 72.2 cm³/mol. The Labute approximate surface area is 108 Å². The Morgan fingerprint density at radius 1 is 1.22 bits per heavy atom. The summed E-state index contributed by atoms with van der Waals surface area (Å²) >= 11 is 0. The second-order valence-electron chi connectivity index (χ2n) is 4.78. The number of rotatable bonds is 2. The highest BCUT2D eigenvalue weighted by atomic mass is 16.5. The van der Waals surface area contributed by atoms with E-state index in [4.69, 9.17) is 4.74 Å². The highest BCUT2D eigenvalue weighted by molar-refractivity contribution is 5.90. The van der Waals surface area contributed by atoms with Gasteiger partial charge >= 0.3 is 5.97 Å². The molecule has 0 spiro atoms. The molecule has 1 aliphatic rings. The van der Waals surface area contributed by atoms with Gasteiger partial charge in [-0.2, -0.15) is 0 Å². The van der Waals surface area contributed by atoms with Gasteiger partial charge in [-0.05, 0) is 37.7 Å². The molecule has 1 aliphatic heterocycles. The Morgan fingerprint density at radius 2 is 1.89 bits per heavy atom. The number of hydrogen-bond acceptors (Lipinski definition) is 4. The first kappa shape index (κ1) is 12.9. The number of carbonyl (C=O) groups is 1. The lowest BCUT2D eigenvalue weighted by Crippen LogP contribution is -2.44. The number of benzene rings is 1. The summed E-state index contributed by atoms with van der Waals surface area (Å²) in [5.41, 5.74) is 2.96. The molecule has 1 heterocycles. The van der Waals surface area contributed by atoms with Gasteiger partial charge in [0.15, 0.2) is 0 Å². The van der Waals surface area contributed by atoms with E-state index in [1.54, 1.807) is 0 Å². The van der Waals surface area contributed by atoms with Gasteiger partial charge in [0.2, 0.25) is 0 Å². The minimum Gasteiger partial charge on any atom is -0.465 e. The van der Waals surface area contributed by atoms with Crippen LogP contribution in [0.4, 0.5) is 5.69 Å². The van der Waals surface area contributed by atoms with Crippen LogP contribution in [0.5, 0.6) is 0 Å². The molecule has 98 valence electrons. The molecule has 0 amide bonds. The van der Waals surface area contributed by atoms with Crippen LogP contribution in [0.15, 0.2) is 18.2 Å². The first-order valence-electron chi connectivity index (χ1n) is 6.24. The van der Waals surface area contributed by atoms with E-state index in [1.165, 1.54) is 12.8 Å². The molecule has 1 aromatic carbocycles. The summed E-state index contributed by atoms with van der Waals surface area (Å²) in [4.78, 5) is 16.2. The van der Waals surface area contributed by atoms with Crippen molar-refractivity contribution in [1.82, 2.24) is 4.90 Å². The van der Waals surface area contributed by atoms with Crippen LogP contribution in [0.25, 0.3) is 0 Å². The summed E-state index contributed by atoms with van der Waals surface area (Å²) in [6.45, 7) is 6.28. The van der Waals surface area contributed by atoms with Gasteiger partial charge in [-0.15, -0.1) is 0 Å². The predicted octanol–water partition coefficient (Wildman–Crippen LogP) is 1.53. The molecule has 4 heteroatoms. The number of aryl methyl sites for hydroxylation is 1. The Morgan fingerprint density at radius 3 is 2.44 bits per heavy atom. The number of piperazine rings is 1. The van der Waals surface area contributed by atoms with Crippen molar-refractivity contribution in [3.8, 4) is 0 Å². The third-order valence-electron chi connectivity index (χ3n) is 3.46. The summed E-state index contributed by atoms with van der Waals surface area (Å²) in [5.74, 6) is -0.275. The molecule has 0 radical (unpaired) electrons. The van der Waals surface area contributed by atoms with E-state index < -0.39 is 0 Å². The molecule has 1 aromatic rings. The lowest BCUT2D eigenvalue weighted by atomic mass is 10.1. The number of methoxy groups -OCH3 is 1. The Hall–Kier alpha value is -1.55. The quantitative estimate of drug-likeness (QED) is 0.743. The van der Waals surface area contributed by atoms with Crippen LogP contribution < -0.4 is 4.90 Å². The summed E-state index contributed by atoms with van der Waals surface area (Å²) in [6.07, 6.45) is 0. The van der Waals surface area contributed by atoms with Gasteiger partial charge in [-0.1, -0.05) is 0 Å². The average Bonchev–Trinajstić information content (AvgIpc) is 2.39. The van der Waals surface area contributed by atoms with Gasteiger partial charge in [-0.25, -0.2) is 4.79 Å². The topological polar surface area (TPSA) is 32.8 Å². The van der Waals surface area contributed by atoms with Crippen LogP contribution in [0.1, 0.15) is 15.9 Å². The fourth-order valence-corrected chi connectivity index (χ4v) is 2.30. The molecular formula is C14H20N2O2. The first-order chi connectivity index (χ1) is 8.61. The van der Waals surface area contributed by atoms with Crippen LogP contribution in [0, 0.1) is 6.92 Å². The maximum atomic E-state index is 11.5. The second kappa shape index (κ2) is 5.40. The van der Waals surface area contributed by atoms with Gasteiger partial charge in [-0.3, -0.25) is 0 Å². The summed E-state index contributed by atoms with van der Waals surface area (Å²) in [5, 5.41) is 0. The summed E-state index contributed by atoms with van der Waals surface area (Å²) in [7, 11) is 3.55. The number of anilines is 1. The van der Waals surface area contributed by atoms with Crippen molar-refractivity contribution in [3.63, 3.8) is 0 Å². The van der Waals surface area contributed by atoms with Crippen molar-refractivity contribution in [3.05, 3.63) is 29.3 Å². The van der Waals surface area contributed by atoms with E-state index >= 15 is 0 Å². The number of nitrogens with zero attached hydrogens (tertiary/aromatic N) is 2. The molecule has 0 unspecified atom stereocenters. The van der Waals surface area contributed by atoms with Crippen LogP contribution >= 0.6 is 0 Å². The van der Waals surface area contributed by atoms with Gasteiger partial charge in [0.05, 0.1) is 12.7 Å². The Balaban J connectivity index is 2.17. The molecule has 0 N–H and O–H groups in total. The molecule has 18 heavy (non-hydrogen) atoms. The number of esters is 1. The number of carbonyl (C=O) groups excluding carboxylic acids is 1. The zero-order valence-corrected chi connectivity index (χ0v) is 11.3. The van der Waals surface area contributed by atoms with Crippen molar-refractivity contribution in [2.75, 3.05) is 45.2 Å². The smallest absolute Gasteiger partial charge is 0.337 e. The Bertz CT molecular complexity index is 437. The molecule has 0 atom stereocenters. The van der Waals surface area contributed by atoms with E-state index in [-0.39, 0.29) is 5.97 Å². The number of likely N-dealkylation sites (N-methyl/N-ethyl adjacent to an activating group) is 1. The zero-order valence-electron chi connectivity index (χ0n) is 11.3. The third-order valence-corrected chi connectivity index (χ3v) is 3.46. The highest BCUT2D eigenvalue weighted by Gasteiger charge is 2.16. The normalized spacial score (nSPS) is 16.7. The van der Waals surface area contributed by atoms with Crippen molar-refractivity contribution >= 4 is 11.7 Å². The van der Waals surface area contributed by atoms with E-state index in [2.05, 4.69) is 16.8 Å². The Kier molecular flexibility index (Phi) is 3.87. The fourth-order valence-electron chi connectivity index (χ4n) is 2.30. The number of ether oxygens (including phenoxy) is 1. The fraction of sp³-hybridized carbons (Fsp3) is 0.500. The number of hydrogen-bond donors (Lipinski definition) is 0. The van der Waals surface area contributed by atoms with Gasteiger partial charge < -0.3 is 14.5 Å². The van der Waals surface area contributed by atoms with Crippen LogP contribution in [0.2, 0.25) is 0 Å². The molecule has 0 aliphatic carbocycles. The largest absolute Gasteiger partial charge is 0.465 e. The molecule has 1 fully saturated rings. The van der Waals surface area contributed by atoms with Gasteiger partial charge in [0, 0.05) is 31.9 Å². The lowest BCUT2D eigenvalue weighted by Gasteiger charge is -2.35. The molecule has 2 rings (SSSR count). The molecular weight excluding hydrogens is 228 g/mol. The second-order valence-corrected chi connectivity index (χ2v) is 4.78. The molecule has 1 saturated heterocycles. The van der Waals surface area contributed by atoms with E-state index in [0.717, 1.165) is 31.7 Å². The van der Waals surface area contributed by atoms with Crippen LogP contribution in [0.3, 0.4) is 0 Å². The van der Waals surface area contributed by atoms with Crippen molar-refractivity contribution in [2.45, 2.75) is 6.92 Å². The summed E-state index contributed by atoms with van der Waals surface area (Å²) < 4.78 is 4.73. The maximum absolute atomic E-state index is 11.5. The van der Waals surface area contributed by atoms with Crippen molar-refractivity contribution < 1.29 is 9.53 Å². The molecule has 0 saturated carbocycles. The maximum Gasteiger partial charge on any atom is 0.337 e. The van der Waals surface area contributed by atoms with Crippen molar-refractivity contribution in [2.24, 2.45) is 0 Å². The van der Waals surface area contributed by atoms with E-state index in [9.17, 15) is 4.79 Å². The molecule has 4 nitrogen and oxygen atoms in total. The minimum absolute atomic E-state index is 0.275.